The van der Waals surface area contributed by atoms with E-state index in [2.05, 4.69) is 12.4 Å². The first kappa shape index (κ1) is 8.97. The first-order valence-corrected chi connectivity index (χ1v) is 4.09. The second-order valence-corrected chi connectivity index (χ2v) is 3.79. The summed E-state index contributed by atoms with van der Waals surface area (Å²) in [6.07, 6.45) is 0.250. The van der Waals surface area contributed by atoms with E-state index in [0.717, 1.165) is 19.8 Å². The Kier molecular flexibility index (Phi) is 2.87. The van der Waals surface area contributed by atoms with E-state index in [9.17, 15) is 0 Å². The molecule has 0 aliphatic carbocycles. The van der Waals surface area contributed by atoms with Crippen molar-refractivity contribution in [3.05, 3.63) is 0 Å². The number of ether oxygens (including phenoxy) is 1. The van der Waals surface area contributed by atoms with Crippen LogP contribution in [0.15, 0.2) is 0 Å². The second kappa shape index (κ2) is 3.52. The third-order valence-corrected chi connectivity index (χ3v) is 1.72. The normalized spacial score (nSPS) is 21.8. The third kappa shape index (κ3) is 2.77. The van der Waals surface area contributed by atoms with Gasteiger partial charge in [0.25, 0.3) is 0 Å². The van der Waals surface area contributed by atoms with Gasteiger partial charge in [-0.15, -0.1) is 0 Å². The van der Waals surface area contributed by atoms with Crippen molar-refractivity contribution in [1.82, 2.24) is 5.48 Å². The number of nitrogens with one attached hydrogen (secondary N) is 1. The predicted molar refractivity (Wildman–Crippen MR) is 43.1 cm³/mol. The van der Waals surface area contributed by atoms with Crippen molar-refractivity contribution in [1.29, 1.82) is 0 Å². The summed E-state index contributed by atoms with van der Waals surface area (Å²) in [5.41, 5.74) is 3.25. The third-order valence-electron chi connectivity index (χ3n) is 1.72. The average molecular weight is 159 g/mol. The van der Waals surface area contributed by atoms with Crippen molar-refractivity contribution in [2.75, 3.05) is 19.8 Å². The van der Waals surface area contributed by atoms with Crippen molar-refractivity contribution in [3.8, 4) is 0 Å². The van der Waals surface area contributed by atoms with E-state index < -0.39 is 0 Å². The fourth-order valence-corrected chi connectivity index (χ4v) is 0.935. The zero-order valence-corrected chi connectivity index (χ0v) is 7.52. The molecular formula is C8H17NO2. The number of hydrogen-bond acceptors (Lipinski definition) is 3. The lowest BCUT2D eigenvalue weighted by Crippen LogP contribution is -2.47. The number of rotatable bonds is 4. The summed E-state index contributed by atoms with van der Waals surface area (Å²) in [5.74, 6) is 0. The summed E-state index contributed by atoms with van der Waals surface area (Å²) in [7, 11) is 0. The SMILES string of the molecule is CC(C)ONCC1(C)COC1. The number of hydrogen-bond donors (Lipinski definition) is 1. The van der Waals surface area contributed by atoms with E-state index in [1.54, 1.807) is 0 Å². The molecule has 1 rings (SSSR count). The molecule has 0 aromatic carbocycles. The van der Waals surface area contributed by atoms with Crippen molar-refractivity contribution >= 4 is 0 Å². The molecule has 1 aliphatic heterocycles. The number of hydroxylamine groups is 1. The maximum absolute atomic E-state index is 5.21. The first-order chi connectivity index (χ1) is 5.12. The molecule has 0 aromatic rings. The van der Waals surface area contributed by atoms with Crippen LogP contribution in [0.5, 0.6) is 0 Å². The Morgan fingerprint density at radius 2 is 2.18 bits per heavy atom. The van der Waals surface area contributed by atoms with E-state index in [4.69, 9.17) is 9.57 Å². The van der Waals surface area contributed by atoms with Gasteiger partial charge in [-0.3, -0.25) is 4.84 Å². The van der Waals surface area contributed by atoms with Gasteiger partial charge in [0.05, 0.1) is 19.3 Å². The summed E-state index contributed by atoms with van der Waals surface area (Å²) < 4.78 is 5.10. The zero-order chi connectivity index (χ0) is 8.32. The molecule has 0 unspecified atom stereocenters. The molecule has 1 N–H and O–H groups in total. The maximum atomic E-state index is 5.21. The summed E-state index contributed by atoms with van der Waals surface area (Å²) in [5, 5.41) is 0. The molecule has 1 heterocycles. The highest BCUT2D eigenvalue weighted by molar-refractivity contribution is 4.81. The van der Waals surface area contributed by atoms with Crippen LogP contribution in [0.1, 0.15) is 20.8 Å². The maximum Gasteiger partial charge on any atom is 0.0734 e. The molecule has 0 saturated carbocycles. The Labute approximate surface area is 68.0 Å². The molecule has 1 aliphatic rings. The lowest BCUT2D eigenvalue weighted by molar-refractivity contribution is -0.125. The van der Waals surface area contributed by atoms with Gasteiger partial charge < -0.3 is 4.74 Å². The van der Waals surface area contributed by atoms with Crippen molar-refractivity contribution in [2.24, 2.45) is 5.41 Å². The minimum absolute atomic E-state index is 0.250. The Balaban J connectivity index is 2.02. The Morgan fingerprint density at radius 1 is 1.55 bits per heavy atom. The van der Waals surface area contributed by atoms with Crippen LogP contribution in [0, 0.1) is 5.41 Å². The van der Waals surface area contributed by atoms with E-state index in [1.165, 1.54) is 0 Å². The highest BCUT2D eigenvalue weighted by atomic mass is 16.7. The minimum Gasteiger partial charge on any atom is -0.380 e. The molecule has 0 atom stereocenters. The molecule has 0 amide bonds. The van der Waals surface area contributed by atoms with Crippen LogP contribution in [0.3, 0.4) is 0 Å². The summed E-state index contributed by atoms with van der Waals surface area (Å²) in [6, 6.07) is 0. The minimum atomic E-state index is 0.250. The first-order valence-electron chi connectivity index (χ1n) is 4.09. The molecule has 1 fully saturated rings. The van der Waals surface area contributed by atoms with Gasteiger partial charge in [-0.1, -0.05) is 6.92 Å². The van der Waals surface area contributed by atoms with E-state index in [1.807, 2.05) is 13.8 Å². The van der Waals surface area contributed by atoms with Crippen LogP contribution in [0.25, 0.3) is 0 Å². The van der Waals surface area contributed by atoms with Crippen molar-refractivity contribution in [2.45, 2.75) is 26.9 Å². The molecule has 11 heavy (non-hydrogen) atoms. The monoisotopic (exact) mass is 159 g/mol. The molecule has 0 aromatic heterocycles. The van der Waals surface area contributed by atoms with Crippen LogP contribution in [-0.2, 0) is 9.57 Å². The molecule has 3 heteroatoms. The van der Waals surface area contributed by atoms with Crippen LogP contribution in [-0.4, -0.2) is 25.9 Å². The summed E-state index contributed by atoms with van der Waals surface area (Å²) in [6.45, 7) is 8.78. The van der Waals surface area contributed by atoms with Gasteiger partial charge in [0.2, 0.25) is 0 Å². The van der Waals surface area contributed by atoms with E-state index in [0.29, 0.717) is 5.41 Å². The molecule has 0 radical (unpaired) electrons. The topological polar surface area (TPSA) is 30.5 Å². The summed E-state index contributed by atoms with van der Waals surface area (Å²) in [4.78, 5) is 5.21. The van der Waals surface area contributed by atoms with Crippen LogP contribution in [0.2, 0.25) is 0 Å². The fourth-order valence-electron chi connectivity index (χ4n) is 0.935. The Hall–Kier alpha value is -0.120. The van der Waals surface area contributed by atoms with E-state index in [-0.39, 0.29) is 6.10 Å². The highest BCUT2D eigenvalue weighted by Crippen LogP contribution is 2.24. The van der Waals surface area contributed by atoms with Gasteiger partial charge in [0, 0.05) is 12.0 Å². The Morgan fingerprint density at radius 3 is 2.55 bits per heavy atom. The van der Waals surface area contributed by atoms with Gasteiger partial charge >= 0.3 is 0 Å². The van der Waals surface area contributed by atoms with Crippen molar-refractivity contribution in [3.63, 3.8) is 0 Å². The quantitative estimate of drug-likeness (QED) is 0.619. The average Bonchev–Trinajstić information content (AvgIpc) is 1.83. The predicted octanol–water partition coefficient (Wildman–Crippen LogP) is 0.952. The standard InChI is InChI=1S/C8H17NO2/c1-7(2)11-9-4-8(3)5-10-6-8/h7,9H,4-6H2,1-3H3. The van der Waals surface area contributed by atoms with Gasteiger partial charge in [-0.05, 0) is 13.8 Å². The zero-order valence-electron chi connectivity index (χ0n) is 7.52. The van der Waals surface area contributed by atoms with Gasteiger partial charge in [0.15, 0.2) is 0 Å². The van der Waals surface area contributed by atoms with Crippen molar-refractivity contribution < 1.29 is 9.57 Å². The lowest BCUT2D eigenvalue weighted by atomic mass is 9.89. The molecule has 0 spiro atoms. The van der Waals surface area contributed by atoms with Gasteiger partial charge in [-0.2, -0.15) is 0 Å². The van der Waals surface area contributed by atoms with E-state index >= 15 is 0 Å². The van der Waals surface area contributed by atoms with Crippen LogP contribution in [0.4, 0.5) is 0 Å². The highest BCUT2D eigenvalue weighted by Gasteiger charge is 2.32. The Bertz CT molecular complexity index is 121. The molecule has 1 saturated heterocycles. The smallest absolute Gasteiger partial charge is 0.0734 e. The van der Waals surface area contributed by atoms with Gasteiger partial charge in [0.1, 0.15) is 0 Å². The second-order valence-electron chi connectivity index (χ2n) is 3.79. The van der Waals surface area contributed by atoms with Gasteiger partial charge in [-0.25, -0.2) is 5.48 Å². The lowest BCUT2D eigenvalue weighted by Gasteiger charge is -2.38. The molecular weight excluding hydrogens is 142 g/mol. The molecule has 66 valence electrons. The largest absolute Gasteiger partial charge is 0.380 e. The molecule has 3 nitrogen and oxygen atoms in total. The molecule has 0 bridgehead atoms. The fraction of sp³-hybridized carbons (Fsp3) is 1.00. The summed E-state index contributed by atoms with van der Waals surface area (Å²) >= 11 is 0. The van der Waals surface area contributed by atoms with Crippen LogP contribution >= 0.6 is 0 Å². The van der Waals surface area contributed by atoms with Crippen LogP contribution < -0.4 is 5.48 Å².